The molecule has 1 aliphatic heterocycles. The number of nitrogens with one attached hydrogen (secondary N) is 3. The van der Waals surface area contributed by atoms with Gasteiger partial charge in [0.25, 0.3) is 5.91 Å². The van der Waals surface area contributed by atoms with Crippen LogP contribution in [0.5, 0.6) is 0 Å². The minimum atomic E-state index is -1.05. The minimum absolute atomic E-state index is 0.0857. The first kappa shape index (κ1) is 33.6. The van der Waals surface area contributed by atoms with Crippen LogP contribution >= 0.6 is 11.6 Å². The van der Waals surface area contributed by atoms with Crippen molar-refractivity contribution in [3.63, 3.8) is 0 Å². The highest BCUT2D eigenvalue weighted by Gasteiger charge is 2.29. The van der Waals surface area contributed by atoms with Gasteiger partial charge >= 0.3 is 0 Å². The molecule has 1 saturated heterocycles. The van der Waals surface area contributed by atoms with E-state index >= 15 is 4.39 Å². The highest BCUT2D eigenvalue weighted by Crippen LogP contribution is 2.19. The molecule has 11 nitrogen and oxygen atoms in total. The highest BCUT2D eigenvalue weighted by atomic mass is 35.5. The molecule has 2 aromatic carbocycles. The first-order chi connectivity index (χ1) is 21.6. The van der Waals surface area contributed by atoms with Crippen LogP contribution in [0.3, 0.4) is 0 Å². The average Bonchev–Trinajstić information content (AvgIpc) is 3.52. The number of likely N-dealkylation sites (N-methyl/N-ethyl adjacent to an activating group) is 1. The van der Waals surface area contributed by atoms with Gasteiger partial charge in [0.05, 0.1) is 5.69 Å². The molecule has 13 heteroatoms. The smallest absolute Gasteiger partial charge is 0.270 e. The molecule has 0 bridgehead atoms. The molecule has 3 N–H and O–H groups in total. The van der Waals surface area contributed by atoms with Gasteiger partial charge in [0, 0.05) is 63.2 Å². The Morgan fingerprint density at radius 2 is 1.58 bits per heavy atom. The molecule has 2 atom stereocenters. The van der Waals surface area contributed by atoms with Crippen molar-refractivity contribution in [1.29, 1.82) is 0 Å². The zero-order valence-electron chi connectivity index (χ0n) is 25.7. The number of anilines is 1. The molecule has 0 saturated carbocycles. The monoisotopic (exact) mass is 639 g/mol. The molecular weight excluding hydrogens is 601 g/mol. The summed E-state index contributed by atoms with van der Waals surface area (Å²) in [6.07, 6.45) is 1.92. The van der Waals surface area contributed by atoms with Crippen molar-refractivity contribution in [3.8, 4) is 0 Å². The van der Waals surface area contributed by atoms with E-state index in [0.717, 1.165) is 18.7 Å². The third-order valence-corrected chi connectivity index (χ3v) is 7.98. The first-order valence-electron chi connectivity index (χ1n) is 15.0. The van der Waals surface area contributed by atoms with Crippen molar-refractivity contribution in [3.05, 3.63) is 82.4 Å². The molecule has 0 spiro atoms. The van der Waals surface area contributed by atoms with Crippen LogP contribution in [-0.4, -0.2) is 88.5 Å². The Kier molecular flexibility index (Phi) is 11.7. The van der Waals surface area contributed by atoms with Gasteiger partial charge in [-0.2, -0.15) is 5.10 Å². The molecule has 0 radical (unpaired) electrons. The van der Waals surface area contributed by atoms with Gasteiger partial charge in [-0.15, -0.1) is 0 Å². The summed E-state index contributed by atoms with van der Waals surface area (Å²) in [4.78, 5) is 55.9. The van der Waals surface area contributed by atoms with Gasteiger partial charge in [-0.1, -0.05) is 36.7 Å². The number of carbonyl (C=O) groups excluding carboxylic acids is 4. The summed E-state index contributed by atoms with van der Waals surface area (Å²) < 4.78 is 16.9. The lowest BCUT2D eigenvalue weighted by atomic mass is 10.0. The number of halogens is 2. The van der Waals surface area contributed by atoms with E-state index < -0.39 is 29.7 Å². The fourth-order valence-electron chi connectivity index (χ4n) is 5.06. The van der Waals surface area contributed by atoms with E-state index in [9.17, 15) is 19.2 Å². The molecule has 1 aliphatic rings. The number of carbonyl (C=O) groups is 4. The summed E-state index contributed by atoms with van der Waals surface area (Å²) >= 11 is 6.02. The average molecular weight is 640 g/mol. The summed E-state index contributed by atoms with van der Waals surface area (Å²) in [6.45, 7) is 6.55. The number of rotatable bonds is 12. The number of aromatic nitrogens is 2. The van der Waals surface area contributed by atoms with Gasteiger partial charge in [-0.05, 0) is 55.4 Å². The van der Waals surface area contributed by atoms with Gasteiger partial charge in [0.1, 0.15) is 23.6 Å². The van der Waals surface area contributed by atoms with E-state index in [2.05, 4.69) is 25.9 Å². The van der Waals surface area contributed by atoms with E-state index in [1.807, 2.05) is 14.0 Å². The second-order valence-electron chi connectivity index (χ2n) is 11.0. The predicted molar refractivity (Wildman–Crippen MR) is 169 cm³/mol. The maximum atomic E-state index is 15.4. The fraction of sp³-hybridized carbons (Fsp3) is 0.406. The van der Waals surface area contributed by atoms with Crippen molar-refractivity contribution in [1.82, 2.24) is 30.2 Å². The number of hydrogen-bond donors (Lipinski definition) is 3. The third kappa shape index (κ3) is 9.11. The van der Waals surface area contributed by atoms with E-state index in [1.165, 1.54) is 23.0 Å². The van der Waals surface area contributed by atoms with Crippen molar-refractivity contribution < 1.29 is 23.6 Å². The Morgan fingerprint density at radius 1 is 0.911 bits per heavy atom. The van der Waals surface area contributed by atoms with Crippen LogP contribution in [0.2, 0.25) is 5.02 Å². The molecule has 0 aliphatic carbocycles. The van der Waals surface area contributed by atoms with Crippen LogP contribution in [0.25, 0.3) is 0 Å². The number of amides is 4. The van der Waals surface area contributed by atoms with Gasteiger partial charge in [0.2, 0.25) is 17.7 Å². The first-order valence-corrected chi connectivity index (χ1v) is 15.4. The molecular formula is C32H39ClFN7O4. The lowest BCUT2D eigenvalue weighted by molar-refractivity contribution is -0.137. The van der Waals surface area contributed by atoms with Crippen molar-refractivity contribution in [2.24, 2.45) is 0 Å². The van der Waals surface area contributed by atoms with Gasteiger partial charge in [-0.3, -0.25) is 23.9 Å². The quantitative estimate of drug-likeness (QED) is 0.280. The normalized spacial score (nSPS) is 14.8. The number of aryl methyl sites for hydroxylation is 1. The van der Waals surface area contributed by atoms with Crippen molar-refractivity contribution >= 4 is 40.9 Å². The minimum Gasteiger partial charge on any atom is -0.344 e. The van der Waals surface area contributed by atoms with E-state index in [1.54, 1.807) is 48.2 Å². The Bertz CT molecular complexity index is 1510. The number of nitrogens with zero attached hydrogens (tertiary/aromatic N) is 4. The standard InChI is InChI=1S/C32H39ClFN7O4/c1-4-29(42)36-27(32(45)40-16-14-39(3)15-17-40)20-22-8-11-25(24(34)18-22)37-30(43)26(19-21-6-9-23(33)10-7-21)38-31(44)28-12-13-35-41(28)5-2/h6-13,18,26-27H,4-5,14-17,19-20H2,1-3H3,(H,36,42)(H,37,43)(H,38,44)/t26-,27+/m0/s1. The lowest BCUT2D eigenvalue weighted by Gasteiger charge is -2.34. The Balaban J connectivity index is 1.49. The zero-order chi connectivity index (χ0) is 32.5. The Morgan fingerprint density at radius 3 is 2.22 bits per heavy atom. The largest absolute Gasteiger partial charge is 0.344 e. The van der Waals surface area contributed by atoms with E-state index in [4.69, 9.17) is 11.6 Å². The molecule has 2 heterocycles. The van der Waals surface area contributed by atoms with Gasteiger partial charge in [0.15, 0.2) is 0 Å². The molecule has 45 heavy (non-hydrogen) atoms. The molecule has 240 valence electrons. The van der Waals surface area contributed by atoms with Gasteiger partial charge < -0.3 is 25.8 Å². The SMILES string of the molecule is CCC(=O)N[C@H](Cc1ccc(NC(=O)[C@H](Cc2ccc(Cl)cc2)NC(=O)c2ccnn2CC)c(F)c1)C(=O)N1CCN(C)CC1. The fourth-order valence-corrected chi connectivity index (χ4v) is 5.19. The molecule has 0 unspecified atom stereocenters. The lowest BCUT2D eigenvalue weighted by Crippen LogP contribution is -2.54. The second kappa shape index (κ2) is 15.6. The van der Waals surface area contributed by atoms with Crippen LogP contribution in [-0.2, 0) is 33.8 Å². The van der Waals surface area contributed by atoms with E-state index in [0.29, 0.717) is 30.2 Å². The third-order valence-electron chi connectivity index (χ3n) is 7.72. The second-order valence-corrected chi connectivity index (χ2v) is 11.4. The topological polar surface area (TPSA) is 129 Å². The summed E-state index contributed by atoms with van der Waals surface area (Å²) in [5.41, 5.74) is 1.42. The summed E-state index contributed by atoms with van der Waals surface area (Å²) in [6, 6.07) is 10.8. The Hall–Kier alpha value is -4.29. The Labute approximate surface area is 267 Å². The van der Waals surface area contributed by atoms with Crippen LogP contribution in [0.1, 0.15) is 41.9 Å². The number of piperazine rings is 1. The number of benzene rings is 2. The molecule has 4 rings (SSSR count). The zero-order valence-corrected chi connectivity index (χ0v) is 26.4. The summed E-state index contributed by atoms with van der Waals surface area (Å²) in [5, 5.41) is 12.8. The summed E-state index contributed by atoms with van der Waals surface area (Å²) in [7, 11) is 1.98. The van der Waals surface area contributed by atoms with Crippen LogP contribution in [0.15, 0.2) is 54.7 Å². The maximum Gasteiger partial charge on any atom is 0.270 e. The predicted octanol–water partition coefficient (Wildman–Crippen LogP) is 2.89. The molecule has 3 aromatic rings. The number of hydrogen-bond acceptors (Lipinski definition) is 6. The van der Waals surface area contributed by atoms with E-state index in [-0.39, 0.29) is 42.5 Å². The molecule has 1 fully saturated rings. The van der Waals surface area contributed by atoms with Crippen LogP contribution < -0.4 is 16.0 Å². The molecule has 1 aromatic heterocycles. The maximum absolute atomic E-state index is 15.4. The summed E-state index contributed by atoms with van der Waals surface area (Å²) in [5.74, 6) is -2.32. The van der Waals surface area contributed by atoms with Crippen LogP contribution in [0, 0.1) is 5.82 Å². The van der Waals surface area contributed by atoms with Crippen molar-refractivity contribution in [2.45, 2.75) is 51.7 Å². The highest BCUT2D eigenvalue weighted by molar-refractivity contribution is 6.30. The van der Waals surface area contributed by atoms with Crippen molar-refractivity contribution in [2.75, 3.05) is 38.5 Å². The molecule has 4 amide bonds. The van der Waals surface area contributed by atoms with Gasteiger partial charge in [-0.25, -0.2) is 4.39 Å². The van der Waals surface area contributed by atoms with Crippen LogP contribution in [0.4, 0.5) is 10.1 Å².